The van der Waals surface area contributed by atoms with E-state index in [1.165, 1.54) is 0 Å². The zero-order valence-corrected chi connectivity index (χ0v) is 22.7. The Balaban J connectivity index is 1.42. The SMILES string of the molecule is CCOc1ccc(NC(=O)[C@@H]2[C@H]3C(=O)N(CCCCO)C(C(=O)Nc4cc(C)ccc4C)C34CC[C@H]2O4)cc1. The summed E-state index contributed by atoms with van der Waals surface area (Å²) in [6, 6.07) is 12.1. The molecule has 2 aromatic carbocycles. The van der Waals surface area contributed by atoms with E-state index in [4.69, 9.17) is 9.47 Å². The molecule has 9 heteroatoms. The summed E-state index contributed by atoms with van der Waals surface area (Å²) in [6.45, 7) is 6.65. The number of likely N-dealkylation sites (tertiary alicyclic amines) is 1. The fraction of sp³-hybridized carbons (Fsp3) is 0.500. The number of unbranched alkanes of at least 4 members (excludes halogenated alkanes) is 1. The average molecular weight is 536 g/mol. The number of rotatable bonds is 10. The van der Waals surface area contributed by atoms with Gasteiger partial charge >= 0.3 is 0 Å². The maximum absolute atomic E-state index is 13.9. The number of hydrogen-bond donors (Lipinski definition) is 3. The van der Waals surface area contributed by atoms with Gasteiger partial charge in [0.15, 0.2) is 0 Å². The Bertz CT molecular complexity index is 1250. The molecule has 39 heavy (non-hydrogen) atoms. The van der Waals surface area contributed by atoms with Crippen molar-refractivity contribution in [1.82, 2.24) is 4.90 Å². The van der Waals surface area contributed by atoms with E-state index in [0.717, 1.165) is 11.1 Å². The van der Waals surface area contributed by atoms with Crippen LogP contribution in [0.5, 0.6) is 5.75 Å². The van der Waals surface area contributed by atoms with Gasteiger partial charge in [0.05, 0.1) is 24.5 Å². The number of carbonyl (C=O) groups excluding carboxylic acids is 3. The van der Waals surface area contributed by atoms with Crippen molar-refractivity contribution in [1.29, 1.82) is 0 Å². The Labute approximate surface area is 228 Å². The zero-order valence-electron chi connectivity index (χ0n) is 22.7. The standard InChI is InChI=1S/C30H37N3O6/c1-4-38-21-11-9-20(10-12-21)31-27(35)24-23-13-14-30(39-23)25(24)29(37)33(15-5-6-16-34)26(30)28(36)32-22-17-18(2)7-8-19(22)3/h7-12,17,23-26,34H,4-6,13-16H2,1-3H3,(H,31,35)(H,32,36)/t23-,24+,25+,26?,30?/m1/s1. The second-order valence-electron chi connectivity index (χ2n) is 10.8. The second-order valence-corrected chi connectivity index (χ2v) is 10.8. The van der Waals surface area contributed by atoms with Crippen molar-refractivity contribution in [2.24, 2.45) is 11.8 Å². The Morgan fingerprint density at radius 3 is 2.59 bits per heavy atom. The third-order valence-electron chi connectivity index (χ3n) is 8.24. The molecule has 3 aliphatic rings. The summed E-state index contributed by atoms with van der Waals surface area (Å²) in [6.07, 6.45) is 1.76. The summed E-state index contributed by atoms with van der Waals surface area (Å²) in [7, 11) is 0. The number of ether oxygens (including phenoxy) is 2. The molecule has 3 aliphatic heterocycles. The van der Waals surface area contributed by atoms with E-state index in [0.29, 0.717) is 56.0 Å². The van der Waals surface area contributed by atoms with Crippen LogP contribution < -0.4 is 15.4 Å². The van der Waals surface area contributed by atoms with E-state index >= 15 is 0 Å². The molecule has 0 aromatic heterocycles. The number of aryl methyl sites for hydroxylation is 2. The molecule has 5 rings (SSSR count). The zero-order chi connectivity index (χ0) is 27.7. The van der Waals surface area contributed by atoms with Crippen molar-refractivity contribution in [2.75, 3.05) is 30.4 Å². The number of aliphatic hydroxyl groups is 1. The quantitative estimate of drug-likeness (QED) is 0.402. The molecule has 0 radical (unpaired) electrons. The molecule has 208 valence electrons. The Morgan fingerprint density at radius 1 is 1.10 bits per heavy atom. The minimum absolute atomic E-state index is 0.00163. The molecule has 2 unspecified atom stereocenters. The lowest BCUT2D eigenvalue weighted by molar-refractivity contribution is -0.139. The maximum atomic E-state index is 13.9. The lowest BCUT2D eigenvalue weighted by atomic mass is 9.70. The summed E-state index contributed by atoms with van der Waals surface area (Å²) in [4.78, 5) is 43.0. The van der Waals surface area contributed by atoms with Crippen LogP contribution in [-0.4, -0.2) is 65.2 Å². The Hall–Kier alpha value is -3.43. The first kappa shape index (κ1) is 27.1. The monoisotopic (exact) mass is 535 g/mol. The summed E-state index contributed by atoms with van der Waals surface area (Å²) < 4.78 is 12.0. The highest BCUT2D eigenvalue weighted by molar-refractivity contribution is 6.05. The molecular weight excluding hydrogens is 498 g/mol. The first-order valence-corrected chi connectivity index (χ1v) is 13.8. The number of aliphatic hydroxyl groups excluding tert-OH is 1. The van der Waals surface area contributed by atoms with Crippen LogP contribution in [-0.2, 0) is 19.1 Å². The number of nitrogens with one attached hydrogen (secondary N) is 2. The van der Waals surface area contributed by atoms with Gasteiger partial charge in [-0.3, -0.25) is 14.4 Å². The van der Waals surface area contributed by atoms with Gasteiger partial charge in [-0.2, -0.15) is 0 Å². The van der Waals surface area contributed by atoms with E-state index < -0.39 is 29.6 Å². The van der Waals surface area contributed by atoms with Crippen molar-refractivity contribution in [3.8, 4) is 5.75 Å². The third kappa shape index (κ3) is 4.89. The molecule has 3 heterocycles. The number of nitrogens with zero attached hydrogens (tertiary/aromatic N) is 1. The normalized spacial score (nSPS) is 27.0. The number of hydrogen-bond acceptors (Lipinski definition) is 6. The van der Waals surface area contributed by atoms with Gasteiger partial charge in [0, 0.05) is 24.5 Å². The van der Waals surface area contributed by atoms with Crippen LogP contribution in [0.3, 0.4) is 0 Å². The number of benzene rings is 2. The van der Waals surface area contributed by atoms with Gasteiger partial charge in [-0.25, -0.2) is 0 Å². The van der Waals surface area contributed by atoms with Crippen LogP contribution >= 0.6 is 0 Å². The number of fused-ring (bicyclic) bond motifs is 1. The molecule has 0 aliphatic carbocycles. The highest BCUT2D eigenvalue weighted by Gasteiger charge is 2.74. The smallest absolute Gasteiger partial charge is 0.250 e. The highest BCUT2D eigenvalue weighted by Crippen LogP contribution is 2.58. The van der Waals surface area contributed by atoms with Gasteiger partial charge in [-0.05, 0) is 87.9 Å². The fourth-order valence-electron chi connectivity index (χ4n) is 6.49. The van der Waals surface area contributed by atoms with Gasteiger partial charge in [0.25, 0.3) is 0 Å². The first-order chi connectivity index (χ1) is 18.8. The van der Waals surface area contributed by atoms with Crippen molar-refractivity contribution in [3.63, 3.8) is 0 Å². The average Bonchev–Trinajstić information content (AvgIpc) is 3.55. The van der Waals surface area contributed by atoms with Crippen LogP contribution in [0.4, 0.5) is 11.4 Å². The molecule has 3 fully saturated rings. The first-order valence-electron chi connectivity index (χ1n) is 13.8. The lowest BCUT2D eigenvalue weighted by Gasteiger charge is -2.33. The van der Waals surface area contributed by atoms with Crippen LogP contribution in [0, 0.1) is 25.7 Å². The molecular formula is C30H37N3O6. The van der Waals surface area contributed by atoms with E-state index in [-0.39, 0.29) is 24.3 Å². The molecule has 9 nitrogen and oxygen atoms in total. The summed E-state index contributed by atoms with van der Waals surface area (Å²) in [5.41, 5.74) is 2.17. The van der Waals surface area contributed by atoms with Crippen LogP contribution in [0.15, 0.2) is 42.5 Å². The van der Waals surface area contributed by atoms with E-state index in [9.17, 15) is 19.5 Å². The molecule has 1 spiro atoms. The molecule has 3 amide bonds. The number of amides is 3. The Kier molecular flexibility index (Phi) is 7.64. The minimum Gasteiger partial charge on any atom is -0.494 e. The minimum atomic E-state index is -1.07. The van der Waals surface area contributed by atoms with Crippen molar-refractivity contribution >= 4 is 29.1 Å². The molecule has 0 saturated carbocycles. The predicted octanol–water partition coefficient (Wildman–Crippen LogP) is 3.43. The molecule has 2 aromatic rings. The van der Waals surface area contributed by atoms with Gasteiger partial charge in [-0.1, -0.05) is 12.1 Å². The predicted molar refractivity (Wildman–Crippen MR) is 146 cm³/mol. The largest absolute Gasteiger partial charge is 0.494 e. The topological polar surface area (TPSA) is 117 Å². The molecule has 5 atom stereocenters. The number of anilines is 2. The van der Waals surface area contributed by atoms with E-state index in [2.05, 4.69) is 10.6 Å². The summed E-state index contributed by atoms with van der Waals surface area (Å²) in [5, 5.41) is 15.3. The van der Waals surface area contributed by atoms with E-state index in [1.807, 2.05) is 39.0 Å². The molecule has 2 bridgehead atoms. The van der Waals surface area contributed by atoms with E-state index in [1.54, 1.807) is 29.2 Å². The summed E-state index contributed by atoms with van der Waals surface area (Å²) >= 11 is 0. The van der Waals surface area contributed by atoms with Crippen LogP contribution in [0.2, 0.25) is 0 Å². The lowest BCUT2D eigenvalue weighted by Crippen LogP contribution is -2.53. The molecule has 3 saturated heterocycles. The number of carbonyl (C=O) groups is 3. The molecule has 3 N–H and O–H groups in total. The van der Waals surface area contributed by atoms with Gasteiger partial charge in [-0.15, -0.1) is 0 Å². The van der Waals surface area contributed by atoms with Crippen molar-refractivity contribution in [3.05, 3.63) is 53.6 Å². The van der Waals surface area contributed by atoms with Gasteiger partial charge in [0.1, 0.15) is 17.4 Å². The Morgan fingerprint density at radius 2 is 1.87 bits per heavy atom. The van der Waals surface area contributed by atoms with Gasteiger partial charge < -0.3 is 30.1 Å². The van der Waals surface area contributed by atoms with Crippen LogP contribution in [0.1, 0.15) is 43.7 Å². The third-order valence-corrected chi connectivity index (χ3v) is 8.24. The van der Waals surface area contributed by atoms with Crippen LogP contribution in [0.25, 0.3) is 0 Å². The fourth-order valence-corrected chi connectivity index (χ4v) is 6.49. The van der Waals surface area contributed by atoms with Crippen molar-refractivity contribution in [2.45, 2.75) is 64.2 Å². The van der Waals surface area contributed by atoms with Gasteiger partial charge in [0.2, 0.25) is 17.7 Å². The summed E-state index contributed by atoms with van der Waals surface area (Å²) in [5.74, 6) is -1.56. The van der Waals surface area contributed by atoms with Crippen molar-refractivity contribution < 1.29 is 29.0 Å². The highest BCUT2D eigenvalue weighted by atomic mass is 16.5. The second kappa shape index (κ2) is 11.0. The maximum Gasteiger partial charge on any atom is 0.250 e.